The van der Waals surface area contributed by atoms with Gasteiger partial charge in [0.25, 0.3) is 46.4 Å². The summed E-state index contributed by atoms with van der Waals surface area (Å²) in [5.41, 5.74) is 8.08. The van der Waals surface area contributed by atoms with Crippen molar-refractivity contribution in [3.63, 3.8) is 0 Å². The summed E-state index contributed by atoms with van der Waals surface area (Å²) in [4.78, 5) is 11.5. The van der Waals surface area contributed by atoms with Crippen molar-refractivity contribution in [2.75, 3.05) is 28.7 Å². The third kappa shape index (κ3) is 12.7. The molecule has 7 rings (SSSR count). The molecule has 7 aromatic rings. The van der Waals surface area contributed by atoms with Crippen LogP contribution in [0.3, 0.4) is 0 Å². The lowest BCUT2D eigenvalue weighted by atomic mass is 10.1. The third-order valence-corrected chi connectivity index (χ3v) is 14.0. The number of rotatable bonds is 17. The first-order valence-corrected chi connectivity index (χ1v) is 26.6. The number of aromatic hydroxyl groups is 1. The van der Waals surface area contributed by atoms with E-state index in [4.69, 9.17) is 15.0 Å². The van der Waals surface area contributed by atoms with Gasteiger partial charge in [0.1, 0.15) is 21.2 Å². The zero-order valence-corrected chi connectivity index (χ0v) is 40.3. The summed E-state index contributed by atoms with van der Waals surface area (Å²) in [6.07, 6.45) is 0.304. The van der Waals surface area contributed by atoms with Crippen LogP contribution in [-0.2, 0) is 40.5 Å². The van der Waals surface area contributed by atoms with E-state index in [0.717, 1.165) is 18.2 Å². The Hall–Kier alpha value is -7.43. The van der Waals surface area contributed by atoms with Gasteiger partial charge in [0, 0.05) is 39.5 Å². The van der Waals surface area contributed by atoms with Crippen LogP contribution in [0.15, 0.2) is 144 Å². The van der Waals surface area contributed by atoms with E-state index in [1.165, 1.54) is 54.6 Å². The molecule has 0 aliphatic heterocycles. The molecule has 7 aromatic carbocycles. The fraction of sp³-hybridized carbons (Fsp3) is 0.133. The summed E-state index contributed by atoms with van der Waals surface area (Å²) in [7, 11) is -18.5. The van der Waals surface area contributed by atoms with Gasteiger partial charge in [-0.3, -0.25) is 23.0 Å². The molecule has 0 aromatic heterocycles. The number of carbonyl (C=O) groups excluding carboxylic acids is 1. The highest BCUT2D eigenvalue weighted by atomic mass is 32.2. The predicted molar refractivity (Wildman–Crippen MR) is 263 cm³/mol. The molecule has 370 valence electrons. The van der Waals surface area contributed by atoms with Gasteiger partial charge >= 0.3 is 0 Å². The molecule has 0 saturated carbocycles. The number of hydrogen-bond acceptors (Lipinski definition) is 17. The number of nitrogens with one attached hydrogen (secondary N) is 2. The fourth-order valence-electron chi connectivity index (χ4n) is 7.19. The molecule has 0 saturated heterocycles. The third-order valence-electron chi connectivity index (χ3n) is 10.5. The Morgan fingerprint density at radius 1 is 0.592 bits per heavy atom. The summed E-state index contributed by atoms with van der Waals surface area (Å²) in [6.45, 7) is 3.34. The van der Waals surface area contributed by atoms with Gasteiger partial charge < -0.3 is 26.2 Å². The number of azo groups is 2. The largest absolute Gasteiger partial charge is 0.505 e. The number of carbonyl (C=O) groups is 1. The SMILES string of the molecule is Cc1cc(N=Nc2ccc(C(=O)Nc3ccc4c(OCCCCS(=O)(=O)O)cc(S(=O)(=O)O)cc4c3)cc2)cc(C)c1N=Nc1c(S(=O)(=O)O)cc2cc(Nc3ccc(N)c(S(=O)(=O)O)c3)ccc2c1O. The zero-order chi connectivity index (χ0) is 51.6. The fourth-order valence-corrected chi connectivity index (χ4v) is 9.60. The number of amides is 1. The summed E-state index contributed by atoms with van der Waals surface area (Å²) in [5.74, 6) is -1.53. The maximum atomic E-state index is 13.2. The van der Waals surface area contributed by atoms with Crippen LogP contribution in [0, 0.1) is 13.8 Å². The summed E-state index contributed by atoms with van der Waals surface area (Å²) >= 11 is 0. The Morgan fingerprint density at radius 3 is 1.82 bits per heavy atom. The molecule has 0 aliphatic carbocycles. The van der Waals surface area contributed by atoms with Crippen molar-refractivity contribution in [1.82, 2.24) is 0 Å². The number of nitrogen functional groups attached to an aromatic ring is 1. The maximum Gasteiger partial charge on any atom is 0.296 e. The molecule has 22 nitrogen and oxygen atoms in total. The number of nitrogens with zero attached hydrogens (tertiary/aromatic N) is 4. The molecule has 0 unspecified atom stereocenters. The molecule has 0 heterocycles. The minimum atomic E-state index is -4.99. The Balaban J connectivity index is 1.04. The van der Waals surface area contributed by atoms with Gasteiger partial charge in [-0.2, -0.15) is 43.9 Å². The van der Waals surface area contributed by atoms with Crippen molar-refractivity contribution in [1.29, 1.82) is 0 Å². The minimum Gasteiger partial charge on any atom is -0.505 e. The van der Waals surface area contributed by atoms with E-state index in [1.54, 1.807) is 50.2 Å². The van der Waals surface area contributed by atoms with E-state index in [9.17, 15) is 57.2 Å². The quantitative estimate of drug-likeness (QED) is 0.0182. The number of fused-ring (bicyclic) bond motifs is 2. The van der Waals surface area contributed by atoms with Crippen LogP contribution in [0.4, 0.5) is 45.5 Å². The number of hydrogen-bond donors (Lipinski definition) is 8. The smallest absolute Gasteiger partial charge is 0.296 e. The van der Waals surface area contributed by atoms with E-state index in [2.05, 4.69) is 31.1 Å². The Labute approximate surface area is 405 Å². The Kier molecular flexibility index (Phi) is 14.6. The van der Waals surface area contributed by atoms with Crippen molar-refractivity contribution >= 4 is 113 Å². The van der Waals surface area contributed by atoms with Gasteiger partial charge in [0.2, 0.25) is 0 Å². The van der Waals surface area contributed by atoms with Crippen LogP contribution in [0.2, 0.25) is 0 Å². The highest BCUT2D eigenvalue weighted by Crippen LogP contribution is 2.43. The Morgan fingerprint density at radius 2 is 1.17 bits per heavy atom. The maximum absolute atomic E-state index is 13.2. The zero-order valence-electron chi connectivity index (χ0n) is 37.0. The second-order valence-corrected chi connectivity index (χ2v) is 21.6. The molecule has 0 bridgehead atoms. The first-order valence-electron chi connectivity index (χ1n) is 20.6. The monoisotopic (exact) mass is 1050 g/mol. The van der Waals surface area contributed by atoms with Gasteiger partial charge in [0.05, 0.1) is 40.0 Å². The van der Waals surface area contributed by atoms with Gasteiger partial charge in [-0.25, -0.2) is 0 Å². The molecule has 0 aliphatic rings. The molecule has 71 heavy (non-hydrogen) atoms. The lowest BCUT2D eigenvalue weighted by molar-refractivity contribution is 0.102. The standard InChI is InChI=1S/C45H41N7O15S4/c1-25-17-34(18-26(2)42(25)51-52-43-41(71(64,65)66)22-29-20-31(10-13-37(29)44(43)53)47-33-11-14-38(46)40(23-33)70(61,62)63)50-49-30-7-5-27(6-8-30)45(54)48-32-9-12-36-28(19-32)21-35(69(58,59)60)24-39(36)67-15-3-4-16-68(55,56)57/h5-14,17-24,47,53H,3-4,15-16,46H2,1-2H3,(H,48,54)(H,55,56,57)(H,58,59,60)(H,61,62,63)(H,64,65,66). The highest BCUT2D eigenvalue weighted by Gasteiger charge is 2.23. The molecular weight excluding hydrogens is 1010 g/mol. The van der Waals surface area contributed by atoms with Gasteiger partial charge in [-0.05, 0) is 152 Å². The molecule has 1 amide bonds. The number of nitrogens with two attached hydrogens (primary N) is 1. The van der Waals surface area contributed by atoms with Crippen LogP contribution in [0.25, 0.3) is 21.5 Å². The number of unbranched alkanes of at least 4 members (excludes halogenated alkanes) is 1. The van der Waals surface area contributed by atoms with Crippen LogP contribution in [-0.4, -0.2) is 75.3 Å². The number of aryl methyl sites for hydroxylation is 2. The van der Waals surface area contributed by atoms with Crippen molar-refractivity contribution in [3.05, 3.63) is 126 Å². The van der Waals surface area contributed by atoms with Gasteiger partial charge in [-0.15, -0.1) is 10.2 Å². The average Bonchev–Trinajstić information content (AvgIpc) is 3.27. The predicted octanol–water partition coefficient (Wildman–Crippen LogP) is 9.51. The number of phenolic OH excluding ortho intramolecular Hbond substituents is 1. The van der Waals surface area contributed by atoms with Crippen LogP contribution in [0.5, 0.6) is 11.5 Å². The molecule has 26 heteroatoms. The molecular formula is C45H41N7O15S4. The first-order chi connectivity index (χ1) is 33.2. The summed E-state index contributed by atoms with van der Waals surface area (Å²) in [6, 6.07) is 25.5. The van der Waals surface area contributed by atoms with Gasteiger partial charge in [-0.1, -0.05) is 0 Å². The summed E-state index contributed by atoms with van der Waals surface area (Å²) in [5, 5.41) is 34.7. The van der Waals surface area contributed by atoms with Crippen LogP contribution in [0.1, 0.15) is 34.3 Å². The highest BCUT2D eigenvalue weighted by molar-refractivity contribution is 7.86. The van der Waals surface area contributed by atoms with E-state index >= 15 is 0 Å². The molecule has 9 N–H and O–H groups in total. The Bertz CT molecular complexity index is 3790. The number of ether oxygens (including phenoxy) is 1. The molecule has 0 spiro atoms. The van der Waals surface area contributed by atoms with E-state index in [-0.39, 0.29) is 64.3 Å². The van der Waals surface area contributed by atoms with Crippen molar-refractivity contribution in [2.45, 2.75) is 41.4 Å². The lowest BCUT2D eigenvalue weighted by Crippen LogP contribution is -2.11. The lowest BCUT2D eigenvalue weighted by Gasteiger charge is -2.13. The second kappa shape index (κ2) is 20.1. The normalized spacial score (nSPS) is 12.5. The van der Waals surface area contributed by atoms with Crippen LogP contribution < -0.4 is 21.1 Å². The molecule has 0 atom stereocenters. The molecule has 0 radical (unpaired) electrons. The first kappa shape index (κ1) is 51.4. The average molecular weight is 1050 g/mol. The van der Waals surface area contributed by atoms with Crippen molar-refractivity contribution in [2.24, 2.45) is 20.5 Å². The van der Waals surface area contributed by atoms with Crippen molar-refractivity contribution < 1.29 is 66.5 Å². The topological polar surface area (TPSA) is 364 Å². The van der Waals surface area contributed by atoms with Gasteiger partial charge in [0.15, 0.2) is 5.75 Å². The van der Waals surface area contributed by atoms with Crippen LogP contribution >= 0.6 is 0 Å². The van der Waals surface area contributed by atoms with E-state index in [0.29, 0.717) is 39.0 Å². The second-order valence-electron chi connectivity index (χ2n) is 15.8. The van der Waals surface area contributed by atoms with Crippen molar-refractivity contribution in [3.8, 4) is 11.5 Å². The van der Waals surface area contributed by atoms with E-state index < -0.39 is 78.3 Å². The number of benzene rings is 7. The molecule has 0 fully saturated rings. The number of phenols is 1. The summed E-state index contributed by atoms with van der Waals surface area (Å²) < 4.78 is 139. The minimum absolute atomic E-state index is 0.0222. The van der Waals surface area contributed by atoms with E-state index in [1.807, 2.05) is 0 Å². The number of anilines is 4.